The molecule has 3 rings (SSSR count). The lowest BCUT2D eigenvalue weighted by atomic mass is 10.1. The van der Waals surface area contributed by atoms with Gasteiger partial charge in [0.2, 0.25) is 0 Å². The molecule has 0 spiro atoms. The van der Waals surface area contributed by atoms with Crippen LogP contribution in [0, 0.1) is 5.82 Å². The summed E-state index contributed by atoms with van der Waals surface area (Å²) in [5.74, 6) is -0.387. The SMILES string of the molecule is Nc1cc(F)c(Br)cc1-n1cc(-c2ccccc2)cn1. The van der Waals surface area contributed by atoms with Crippen LogP contribution in [-0.2, 0) is 0 Å². The van der Waals surface area contributed by atoms with Crippen molar-refractivity contribution in [3.63, 3.8) is 0 Å². The Labute approximate surface area is 124 Å². The van der Waals surface area contributed by atoms with Crippen LogP contribution in [0.2, 0.25) is 0 Å². The highest BCUT2D eigenvalue weighted by molar-refractivity contribution is 9.10. The van der Waals surface area contributed by atoms with E-state index in [0.717, 1.165) is 11.1 Å². The lowest BCUT2D eigenvalue weighted by Gasteiger charge is -2.07. The number of nitrogens with zero attached hydrogens (tertiary/aromatic N) is 2. The Kier molecular flexibility index (Phi) is 3.28. The van der Waals surface area contributed by atoms with Gasteiger partial charge in [-0.2, -0.15) is 5.10 Å². The van der Waals surface area contributed by atoms with E-state index >= 15 is 0 Å². The zero-order valence-electron chi connectivity index (χ0n) is 10.4. The molecule has 0 unspecified atom stereocenters. The van der Waals surface area contributed by atoms with Crippen molar-refractivity contribution in [1.29, 1.82) is 0 Å². The third-order valence-corrected chi connectivity index (χ3v) is 3.61. The maximum absolute atomic E-state index is 13.4. The molecule has 5 heteroatoms. The molecule has 0 saturated heterocycles. The largest absolute Gasteiger partial charge is 0.397 e. The smallest absolute Gasteiger partial charge is 0.139 e. The highest BCUT2D eigenvalue weighted by atomic mass is 79.9. The van der Waals surface area contributed by atoms with Gasteiger partial charge < -0.3 is 5.73 Å². The van der Waals surface area contributed by atoms with Crippen molar-refractivity contribution < 1.29 is 4.39 Å². The Bertz CT molecular complexity index is 753. The van der Waals surface area contributed by atoms with Crippen LogP contribution >= 0.6 is 15.9 Å². The molecule has 0 aliphatic rings. The van der Waals surface area contributed by atoms with Gasteiger partial charge in [-0.3, -0.25) is 0 Å². The van der Waals surface area contributed by atoms with Crippen LogP contribution in [0.5, 0.6) is 0 Å². The van der Waals surface area contributed by atoms with E-state index in [4.69, 9.17) is 5.73 Å². The van der Waals surface area contributed by atoms with Crippen molar-refractivity contribution in [2.24, 2.45) is 0 Å². The molecule has 0 atom stereocenters. The summed E-state index contributed by atoms with van der Waals surface area (Å²) in [4.78, 5) is 0. The summed E-state index contributed by atoms with van der Waals surface area (Å²) in [5.41, 5.74) is 8.87. The topological polar surface area (TPSA) is 43.8 Å². The number of nitrogen functional groups attached to an aromatic ring is 1. The van der Waals surface area contributed by atoms with Crippen LogP contribution in [0.3, 0.4) is 0 Å². The summed E-state index contributed by atoms with van der Waals surface area (Å²) >= 11 is 3.16. The number of benzene rings is 2. The van der Waals surface area contributed by atoms with Crippen molar-refractivity contribution in [3.8, 4) is 16.8 Å². The first-order chi connectivity index (χ1) is 9.65. The average Bonchev–Trinajstić information content (AvgIpc) is 2.93. The number of rotatable bonds is 2. The predicted molar refractivity (Wildman–Crippen MR) is 81.1 cm³/mol. The third kappa shape index (κ3) is 2.32. The van der Waals surface area contributed by atoms with E-state index in [-0.39, 0.29) is 5.82 Å². The van der Waals surface area contributed by atoms with Gasteiger partial charge in [-0.1, -0.05) is 30.3 Å². The van der Waals surface area contributed by atoms with Gasteiger partial charge in [0, 0.05) is 17.8 Å². The first kappa shape index (κ1) is 12.9. The molecule has 0 aliphatic heterocycles. The highest BCUT2D eigenvalue weighted by Crippen LogP contribution is 2.27. The molecule has 1 aromatic heterocycles. The standard InChI is InChI=1S/C15H11BrFN3/c16-12-6-15(14(18)7-13(12)17)20-9-11(8-19-20)10-4-2-1-3-5-10/h1-9H,18H2. The highest BCUT2D eigenvalue weighted by Gasteiger charge is 2.09. The molecule has 3 aromatic rings. The first-order valence-corrected chi connectivity index (χ1v) is 6.79. The zero-order valence-corrected chi connectivity index (χ0v) is 12.0. The monoisotopic (exact) mass is 331 g/mol. The molecule has 0 bridgehead atoms. The van der Waals surface area contributed by atoms with E-state index in [1.54, 1.807) is 16.9 Å². The van der Waals surface area contributed by atoms with Gasteiger partial charge in [0.05, 0.1) is 22.0 Å². The quantitative estimate of drug-likeness (QED) is 0.720. The lowest BCUT2D eigenvalue weighted by Crippen LogP contribution is -2.01. The molecule has 2 aromatic carbocycles. The summed E-state index contributed by atoms with van der Waals surface area (Å²) in [6, 6.07) is 12.8. The number of halogens is 2. The zero-order chi connectivity index (χ0) is 14.1. The Balaban J connectivity index is 2.05. The number of hydrogen-bond acceptors (Lipinski definition) is 2. The average molecular weight is 332 g/mol. The Morgan fingerprint density at radius 2 is 1.85 bits per heavy atom. The molecule has 0 fully saturated rings. The van der Waals surface area contributed by atoms with Crippen molar-refractivity contribution in [3.05, 3.63) is 65.1 Å². The third-order valence-electron chi connectivity index (χ3n) is 3.01. The van der Waals surface area contributed by atoms with Gasteiger partial charge in [-0.25, -0.2) is 9.07 Å². The van der Waals surface area contributed by atoms with Crippen LogP contribution in [0.1, 0.15) is 0 Å². The summed E-state index contributed by atoms with van der Waals surface area (Å²) in [7, 11) is 0. The minimum absolute atomic E-state index is 0.341. The van der Waals surface area contributed by atoms with Gasteiger partial charge in [0.15, 0.2) is 0 Å². The molecule has 3 nitrogen and oxygen atoms in total. The van der Waals surface area contributed by atoms with Crippen molar-refractivity contribution >= 4 is 21.6 Å². The van der Waals surface area contributed by atoms with Crippen LogP contribution in [-0.4, -0.2) is 9.78 Å². The lowest BCUT2D eigenvalue weighted by molar-refractivity contribution is 0.621. The summed E-state index contributed by atoms with van der Waals surface area (Å²) < 4.78 is 15.4. The Morgan fingerprint density at radius 3 is 2.60 bits per heavy atom. The van der Waals surface area contributed by atoms with Gasteiger partial charge >= 0.3 is 0 Å². The Hall–Kier alpha value is -2.14. The van der Waals surface area contributed by atoms with E-state index < -0.39 is 0 Å². The van der Waals surface area contributed by atoms with E-state index in [0.29, 0.717) is 15.8 Å². The Morgan fingerprint density at radius 1 is 1.10 bits per heavy atom. The van der Waals surface area contributed by atoms with E-state index in [2.05, 4.69) is 21.0 Å². The number of hydrogen-bond donors (Lipinski definition) is 1. The minimum Gasteiger partial charge on any atom is -0.397 e. The maximum atomic E-state index is 13.4. The molecule has 20 heavy (non-hydrogen) atoms. The van der Waals surface area contributed by atoms with Crippen molar-refractivity contribution in [2.75, 3.05) is 5.73 Å². The molecule has 100 valence electrons. The molecule has 1 heterocycles. The van der Waals surface area contributed by atoms with Gasteiger partial charge in [-0.15, -0.1) is 0 Å². The molecule has 2 N–H and O–H groups in total. The fraction of sp³-hybridized carbons (Fsp3) is 0. The van der Waals surface area contributed by atoms with Gasteiger partial charge in [-0.05, 0) is 27.6 Å². The van der Waals surface area contributed by atoms with Gasteiger partial charge in [0.25, 0.3) is 0 Å². The molecular formula is C15H11BrFN3. The van der Waals surface area contributed by atoms with Crippen molar-refractivity contribution in [2.45, 2.75) is 0 Å². The van der Waals surface area contributed by atoms with Crippen LogP contribution < -0.4 is 5.73 Å². The van der Waals surface area contributed by atoms with E-state index in [1.807, 2.05) is 36.5 Å². The van der Waals surface area contributed by atoms with Crippen LogP contribution in [0.25, 0.3) is 16.8 Å². The first-order valence-electron chi connectivity index (χ1n) is 6.00. The molecule has 0 aliphatic carbocycles. The number of anilines is 1. The minimum atomic E-state index is -0.387. The second-order valence-corrected chi connectivity index (χ2v) is 5.22. The second-order valence-electron chi connectivity index (χ2n) is 4.36. The number of aromatic nitrogens is 2. The second kappa shape index (κ2) is 5.09. The fourth-order valence-electron chi connectivity index (χ4n) is 1.98. The molecule has 0 saturated carbocycles. The summed E-state index contributed by atoms with van der Waals surface area (Å²) in [5, 5.41) is 4.29. The van der Waals surface area contributed by atoms with E-state index in [9.17, 15) is 4.39 Å². The number of nitrogens with two attached hydrogens (primary N) is 1. The summed E-state index contributed by atoms with van der Waals surface area (Å²) in [6.45, 7) is 0. The van der Waals surface area contributed by atoms with Gasteiger partial charge in [0.1, 0.15) is 5.82 Å². The summed E-state index contributed by atoms with van der Waals surface area (Å²) in [6.07, 6.45) is 3.62. The normalized spacial score (nSPS) is 10.7. The van der Waals surface area contributed by atoms with Crippen LogP contribution in [0.4, 0.5) is 10.1 Å². The van der Waals surface area contributed by atoms with E-state index in [1.165, 1.54) is 6.07 Å². The van der Waals surface area contributed by atoms with Crippen molar-refractivity contribution in [1.82, 2.24) is 9.78 Å². The maximum Gasteiger partial charge on any atom is 0.139 e. The molecular weight excluding hydrogens is 321 g/mol. The molecule has 0 radical (unpaired) electrons. The predicted octanol–water partition coefficient (Wildman–Crippen LogP) is 4.02. The fourth-order valence-corrected chi connectivity index (χ4v) is 2.32. The van der Waals surface area contributed by atoms with Crippen LogP contribution in [0.15, 0.2) is 59.3 Å². The molecule has 0 amide bonds.